The van der Waals surface area contributed by atoms with Crippen LogP contribution < -0.4 is 10.6 Å². The standard InChI is InChI=1S/C23H46N2O6/c26-16-20-30-18-14-24-22(28)12-10-8-6-4-2-1-3-5-7-9-11-13-23(29)25-15-19-31-21-17-27/h26-27H,1-21H2,(H,24,28)(H,25,29). The van der Waals surface area contributed by atoms with E-state index in [0.29, 0.717) is 52.4 Å². The molecule has 0 aromatic rings. The Morgan fingerprint density at radius 3 is 1.16 bits per heavy atom. The second kappa shape index (κ2) is 25.0. The fourth-order valence-corrected chi connectivity index (χ4v) is 3.20. The van der Waals surface area contributed by atoms with Crippen LogP contribution in [0.5, 0.6) is 0 Å². The van der Waals surface area contributed by atoms with E-state index in [1.54, 1.807) is 0 Å². The van der Waals surface area contributed by atoms with Gasteiger partial charge in [0.1, 0.15) is 0 Å². The van der Waals surface area contributed by atoms with Gasteiger partial charge in [-0.25, -0.2) is 0 Å². The lowest BCUT2D eigenvalue weighted by Crippen LogP contribution is -2.27. The number of hydrogen-bond acceptors (Lipinski definition) is 6. The fraction of sp³-hybridized carbons (Fsp3) is 0.913. The van der Waals surface area contributed by atoms with Gasteiger partial charge in [-0.05, 0) is 12.8 Å². The molecule has 0 saturated carbocycles. The summed E-state index contributed by atoms with van der Waals surface area (Å²) in [4.78, 5) is 23.3. The topological polar surface area (TPSA) is 117 Å². The van der Waals surface area contributed by atoms with Crippen molar-refractivity contribution < 1.29 is 29.3 Å². The predicted molar refractivity (Wildman–Crippen MR) is 122 cm³/mol. The van der Waals surface area contributed by atoms with Crippen molar-refractivity contribution in [3.05, 3.63) is 0 Å². The number of aliphatic hydroxyl groups is 2. The molecule has 0 heterocycles. The number of carbonyl (C=O) groups excluding carboxylic acids is 2. The molecule has 0 rings (SSSR count). The molecule has 0 aliphatic rings. The van der Waals surface area contributed by atoms with Crippen molar-refractivity contribution in [2.45, 2.75) is 83.5 Å². The maximum atomic E-state index is 11.6. The molecular formula is C23H46N2O6. The summed E-state index contributed by atoms with van der Waals surface area (Å²) in [5.41, 5.74) is 0. The van der Waals surface area contributed by atoms with E-state index < -0.39 is 0 Å². The zero-order valence-corrected chi connectivity index (χ0v) is 19.4. The Hall–Kier alpha value is -1.22. The zero-order valence-electron chi connectivity index (χ0n) is 19.4. The SMILES string of the molecule is O=C(CCCCCCCCCCCCCC(=O)NCCOCCO)NCCOCCO. The Labute approximate surface area is 188 Å². The molecule has 8 nitrogen and oxygen atoms in total. The van der Waals surface area contributed by atoms with Crippen molar-refractivity contribution >= 4 is 11.8 Å². The smallest absolute Gasteiger partial charge is 0.220 e. The van der Waals surface area contributed by atoms with E-state index >= 15 is 0 Å². The van der Waals surface area contributed by atoms with Crippen LogP contribution in [-0.2, 0) is 19.1 Å². The summed E-state index contributed by atoms with van der Waals surface area (Å²) in [6.07, 6.45) is 13.9. The highest BCUT2D eigenvalue weighted by Crippen LogP contribution is 2.12. The largest absolute Gasteiger partial charge is 0.394 e. The molecule has 0 atom stereocenters. The highest BCUT2D eigenvalue weighted by molar-refractivity contribution is 5.76. The van der Waals surface area contributed by atoms with E-state index in [2.05, 4.69) is 10.6 Å². The van der Waals surface area contributed by atoms with Crippen LogP contribution in [0, 0.1) is 0 Å². The van der Waals surface area contributed by atoms with Crippen molar-refractivity contribution in [3.8, 4) is 0 Å². The van der Waals surface area contributed by atoms with Gasteiger partial charge < -0.3 is 30.3 Å². The van der Waals surface area contributed by atoms with Gasteiger partial charge in [-0.3, -0.25) is 9.59 Å². The normalized spacial score (nSPS) is 10.9. The summed E-state index contributed by atoms with van der Waals surface area (Å²) in [5, 5.41) is 22.8. The molecule has 4 N–H and O–H groups in total. The summed E-state index contributed by atoms with van der Waals surface area (Å²) in [5.74, 6) is 0.161. The molecule has 0 radical (unpaired) electrons. The van der Waals surface area contributed by atoms with Gasteiger partial charge in [-0.2, -0.15) is 0 Å². The van der Waals surface area contributed by atoms with Crippen LogP contribution in [-0.4, -0.2) is 74.8 Å². The molecule has 0 spiro atoms. The number of ether oxygens (including phenoxy) is 2. The second-order valence-electron chi connectivity index (χ2n) is 7.76. The first-order valence-electron chi connectivity index (χ1n) is 12.1. The van der Waals surface area contributed by atoms with Gasteiger partial charge >= 0.3 is 0 Å². The third kappa shape index (κ3) is 24.9. The average Bonchev–Trinajstić information content (AvgIpc) is 2.76. The van der Waals surface area contributed by atoms with Crippen molar-refractivity contribution in [2.75, 3.05) is 52.7 Å². The van der Waals surface area contributed by atoms with Crippen molar-refractivity contribution in [3.63, 3.8) is 0 Å². The van der Waals surface area contributed by atoms with Crippen LogP contribution in [0.2, 0.25) is 0 Å². The Bertz CT molecular complexity index is 374. The highest BCUT2D eigenvalue weighted by atomic mass is 16.5. The monoisotopic (exact) mass is 446 g/mol. The van der Waals surface area contributed by atoms with Gasteiger partial charge in [-0.1, -0.05) is 57.8 Å². The number of aliphatic hydroxyl groups excluding tert-OH is 2. The first-order valence-corrected chi connectivity index (χ1v) is 12.1. The average molecular weight is 447 g/mol. The summed E-state index contributed by atoms with van der Waals surface area (Å²) < 4.78 is 10.2. The van der Waals surface area contributed by atoms with Crippen LogP contribution in [0.25, 0.3) is 0 Å². The van der Waals surface area contributed by atoms with Crippen LogP contribution in [0.4, 0.5) is 0 Å². The first kappa shape index (κ1) is 29.8. The number of carbonyl (C=O) groups is 2. The molecule has 184 valence electrons. The number of rotatable bonds is 24. The maximum Gasteiger partial charge on any atom is 0.220 e. The number of nitrogens with one attached hydrogen (secondary N) is 2. The molecule has 31 heavy (non-hydrogen) atoms. The summed E-state index contributed by atoms with van der Waals surface area (Å²) >= 11 is 0. The van der Waals surface area contributed by atoms with Gasteiger partial charge in [-0.15, -0.1) is 0 Å². The van der Waals surface area contributed by atoms with Crippen molar-refractivity contribution in [2.24, 2.45) is 0 Å². The van der Waals surface area contributed by atoms with E-state index in [0.717, 1.165) is 25.7 Å². The Balaban J connectivity index is 3.19. The molecule has 0 saturated heterocycles. The lowest BCUT2D eigenvalue weighted by molar-refractivity contribution is -0.122. The maximum absolute atomic E-state index is 11.6. The Kier molecular flexibility index (Phi) is 24.1. The molecule has 0 fully saturated rings. The zero-order chi connectivity index (χ0) is 22.8. The molecular weight excluding hydrogens is 400 g/mol. The molecule has 2 amide bonds. The van der Waals surface area contributed by atoms with Crippen molar-refractivity contribution in [1.29, 1.82) is 0 Å². The quantitative estimate of drug-likeness (QED) is 0.169. The molecule has 0 aliphatic heterocycles. The van der Waals surface area contributed by atoms with Gasteiger partial charge in [0.2, 0.25) is 11.8 Å². The molecule has 0 aromatic carbocycles. The number of hydrogen-bond donors (Lipinski definition) is 4. The van der Waals surface area contributed by atoms with Gasteiger partial charge in [0.25, 0.3) is 0 Å². The number of unbranched alkanes of at least 4 members (excludes halogenated alkanes) is 10. The molecule has 0 bridgehead atoms. The van der Waals surface area contributed by atoms with Crippen LogP contribution in [0.15, 0.2) is 0 Å². The first-order chi connectivity index (χ1) is 15.2. The minimum absolute atomic E-state index is 0.0129. The summed E-state index contributed by atoms with van der Waals surface area (Å²) in [7, 11) is 0. The minimum atomic E-state index is 0.0129. The third-order valence-electron chi connectivity index (χ3n) is 4.92. The van der Waals surface area contributed by atoms with E-state index in [4.69, 9.17) is 19.7 Å². The van der Waals surface area contributed by atoms with E-state index in [1.165, 1.54) is 44.9 Å². The van der Waals surface area contributed by atoms with Crippen LogP contribution in [0.1, 0.15) is 83.5 Å². The Morgan fingerprint density at radius 1 is 0.516 bits per heavy atom. The van der Waals surface area contributed by atoms with Gasteiger partial charge in [0, 0.05) is 25.9 Å². The predicted octanol–water partition coefficient (Wildman–Crippen LogP) is 2.31. The minimum Gasteiger partial charge on any atom is -0.394 e. The number of amides is 2. The molecule has 0 aromatic heterocycles. The van der Waals surface area contributed by atoms with E-state index in [1.807, 2.05) is 0 Å². The summed E-state index contributed by atoms with van der Waals surface area (Å²) in [6, 6.07) is 0. The lowest BCUT2D eigenvalue weighted by atomic mass is 10.0. The van der Waals surface area contributed by atoms with E-state index in [-0.39, 0.29) is 25.0 Å². The van der Waals surface area contributed by atoms with Crippen LogP contribution >= 0.6 is 0 Å². The van der Waals surface area contributed by atoms with Gasteiger partial charge in [0.15, 0.2) is 0 Å². The molecule has 0 unspecified atom stereocenters. The highest BCUT2D eigenvalue weighted by Gasteiger charge is 2.02. The molecule has 8 heteroatoms. The van der Waals surface area contributed by atoms with E-state index in [9.17, 15) is 9.59 Å². The van der Waals surface area contributed by atoms with Crippen molar-refractivity contribution in [1.82, 2.24) is 10.6 Å². The van der Waals surface area contributed by atoms with Gasteiger partial charge in [0.05, 0.1) is 39.6 Å². The Morgan fingerprint density at radius 2 is 0.839 bits per heavy atom. The lowest BCUT2D eigenvalue weighted by Gasteiger charge is -2.06. The summed E-state index contributed by atoms with van der Waals surface area (Å²) in [6.45, 7) is 2.57. The third-order valence-corrected chi connectivity index (χ3v) is 4.92. The molecule has 0 aliphatic carbocycles. The fourth-order valence-electron chi connectivity index (χ4n) is 3.20. The van der Waals surface area contributed by atoms with Crippen LogP contribution in [0.3, 0.4) is 0 Å². The second-order valence-corrected chi connectivity index (χ2v) is 7.76.